The first kappa shape index (κ1) is 13.7. The summed E-state index contributed by atoms with van der Waals surface area (Å²) in [6, 6.07) is 0. The molecule has 0 aromatic heterocycles. The van der Waals surface area contributed by atoms with E-state index in [0.717, 1.165) is 12.8 Å². The maximum atomic E-state index is 5.92. The second-order valence-electron chi connectivity index (χ2n) is 3.88. The van der Waals surface area contributed by atoms with E-state index in [-0.39, 0.29) is 5.60 Å². The highest BCUT2D eigenvalue weighted by Crippen LogP contribution is 2.25. The minimum Gasteiger partial charge on any atom is -0.372 e. The second-order valence-corrected chi connectivity index (χ2v) is 8.87. The van der Waals surface area contributed by atoms with E-state index in [9.17, 15) is 0 Å². The quantitative estimate of drug-likeness (QED) is 0.419. The molecule has 0 spiro atoms. The molecule has 0 N–H and O–H groups in total. The number of hydrogen-bond acceptors (Lipinski definition) is 2. The Morgan fingerprint density at radius 1 is 1.23 bits per heavy atom. The topological polar surface area (TPSA) is 18.5 Å². The highest BCUT2D eigenvalue weighted by molar-refractivity contribution is 7.39. The minimum atomic E-state index is -2.93. The van der Waals surface area contributed by atoms with Gasteiger partial charge >= 0.3 is 7.18 Å². The lowest BCUT2D eigenvalue weighted by Crippen LogP contribution is -2.38. The summed E-state index contributed by atoms with van der Waals surface area (Å²) in [7, 11) is -2.93. The lowest BCUT2D eigenvalue weighted by Gasteiger charge is -2.27. The van der Waals surface area contributed by atoms with Crippen molar-refractivity contribution in [2.75, 3.05) is 6.61 Å². The van der Waals surface area contributed by atoms with E-state index in [1.54, 1.807) is 0 Å². The largest absolute Gasteiger partial charge is 0.551 e. The summed E-state index contributed by atoms with van der Waals surface area (Å²) in [5, 5.41) is 0. The van der Waals surface area contributed by atoms with Gasteiger partial charge in [-0.05, 0) is 27.2 Å². The Balaban J connectivity index is 3.80. The van der Waals surface area contributed by atoms with Crippen molar-refractivity contribution in [3.63, 3.8) is 0 Å². The first-order valence-corrected chi connectivity index (χ1v) is 8.33. The Kier molecular flexibility index (Phi) is 5.87. The van der Waals surface area contributed by atoms with E-state index >= 15 is 0 Å². The maximum absolute atomic E-state index is 5.92. The van der Waals surface area contributed by atoms with E-state index in [1.165, 1.54) is 0 Å². The Morgan fingerprint density at radius 3 is 2.15 bits per heavy atom. The molecule has 0 aliphatic rings. The molecule has 0 aliphatic heterocycles. The van der Waals surface area contributed by atoms with Crippen LogP contribution in [0, 0.1) is 0 Å². The van der Waals surface area contributed by atoms with Crippen LogP contribution < -0.4 is 0 Å². The highest BCUT2D eigenvalue weighted by Gasteiger charge is 2.38. The molecule has 0 saturated heterocycles. The van der Waals surface area contributed by atoms with Crippen LogP contribution >= 0.6 is 22.2 Å². The average molecular weight is 245 g/mol. The average Bonchev–Trinajstić information content (AvgIpc) is 1.81. The van der Waals surface area contributed by atoms with Crippen LogP contribution in [0.1, 0.15) is 40.5 Å². The summed E-state index contributed by atoms with van der Waals surface area (Å²) < 4.78 is 10.7. The van der Waals surface area contributed by atoms with Gasteiger partial charge in [0.2, 0.25) is 0 Å². The Bertz CT molecular complexity index is 146. The van der Waals surface area contributed by atoms with Crippen molar-refractivity contribution in [1.82, 2.24) is 0 Å². The summed E-state index contributed by atoms with van der Waals surface area (Å²) in [6.45, 7) is 8.37. The van der Waals surface area contributed by atoms with Crippen molar-refractivity contribution < 1.29 is 8.85 Å². The first-order chi connectivity index (χ1) is 5.77. The molecule has 5 heteroatoms. The van der Waals surface area contributed by atoms with Crippen LogP contribution in [0.4, 0.5) is 0 Å². The summed E-state index contributed by atoms with van der Waals surface area (Å²) >= 11 is 11.8. The molecule has 0 amide bonds. The monoisotopic (exact) mass is 244 g/mol. The van der Waals surface area contributed by atoms with Gasteiger partial charge in [-0.15, -0.1) is 0 Å². The molecule has 0 aromatic carbocycles. The SMILES string of the molecule is CCCCO[Si](Cl)(Cl)OC(C)(C)C. The van der Waals surface area contributed by atoms with Gasteiger partial charge in [-0.2, -0.15) is 0 Å². The molecule has 0 rings (SSSR count). The van der Waals surface area contributed by atoms with Crippen molar-refractivity contribution in [2.24, 2.45) is 0 Å². The summed E-state index contributed by atoms with van der Waals surface area (Å²) in [5.74, 6) is 0. The fraction of sp³-hybridized carbons (Fsp3) is 1.00. The molecule has 13 heavy (non-hydrogen) atoms. The maximum Gasteiger partial charge on any atom is 0.551 e. The molecule has 0 fully saturated rings. The molecule has 0 unspecified atom stereocenters. The molecule has 0 saturated carbocycles. The van der Waals surface area contributed by atoms with Crippen molar-refractivity contribution in [3.8, 4) is 0 Å². The molecule has 0 aliphatic carbocycles. The van der Waals surface area contributed by atoms with Crippen molar-refractivity contribution in [1.29, 1.82) is 0 Å². The molecule has 0 bridgehead atoms. The van der Waals surface area contributed by atoms with Gasteiger partial charge in [-0.25, -0.2) is 0 Å². The standard InChI is InChI=1S/C8H18Cl2O2Si/c1-5-6-7-11-13(9,10)12-8(2,3)4/h5-7H2,1-4H3. The third kappa shape index (κ3) is 9.03. The normalized spacial score (nSPS) is 13.4. The smallest absolute Gasteiger partial charge is 0.372 e. The van der Waals surface area contributed by atoms with Gasteiger partial charge in [0.25, 0.3) is 0 Å². The lowest BCUT2D eigenvalue weighted by atomic mass is 10.2. The van der Waals surface area contributed by atoms with E-state index < -0.39 is 7.18 Å². The van der Waals surface area contributed by atoms with E-state index in [4.69, 9.17) is 31.0 Å². The van der Waals surface area contributed by atoms with Crippen LogP contribution in [0.2, 0.25) is 0 Å². The fourth-order valence-electron chi connectivity index (χ4n) is 0.721. The van der Waals surface area contributed by atoms with Crippen LogP contribution in [0.15, 0.2) is 0 Å². The van der Waals surface area contributed by atoms with Gasteiger partial charge in [0.15, 0.2) is 0 Å². The fourth-order valence-corrected chi connectivity index (χ4v) is 3.73. The molecule has 2 nitrogen and oxygen atoms in total. The minimum absolute atomic E-state index is 0.345. The predicted molar refractivity (Wildman–Crippen MR) is 59.2 cm³/mol. The van der Waals surface area contributed by atoms with E-state index in [1.807, 2.05) is 20.8 Å². The van der Waals surface area contributed by atoms with Gasteiger partial charge in [-0.3, -0.25) is 0 Å². The molecule has 0 aromatic rings. The summed E-state index contributed by atoms with van der Waals surface area (Å²) in [6.07, 6.45) is 2.02. The summed E-state index contributed by atoms with van der Waals surface area (Å²) in [5.41, 5.74) is -0.345. The number of rotatable bonds is 5. The van der Waals surface area contributed by atoms with Crippen LogP contribution in [0.5, 0.6) is 0 Å². The predicted octanol–water partition coefficient (Wildman–Crippen LogP) is 3.53. The zero-order chi connectivity index (χ0) is 10.5. The molecule has 80 valence electrons. The number of hydrogen-bond donors (Lipinski definition) is 0. The molecule has 0 atom stereocenters. The van der Waals surface area contributed by atoms with E-state index in [0.29, 0.717) is 6.61 Å². The zero-order valence-corrected chi connectivity index (χ0v) is 11.2. The van der Waals surface area contributed by atoms with Crippen LogP contribution in [-0.2, 0) is 8.85 Å². The molecular formula is C8H18Cl2O2Si. The third-order valence-electron chi connectivity index (χ3n) is 1.19. The third-order valence-corrected chi connectivity index (χ3v) is 3.70. The number of halogens is 2. The van der Waals surface area contributed by atoms with Crippen molar-refractivity contribution in [2.45, 2.75) is 46.1 Å². The van der Waals surface area contributed by atoms with Crippen LogP contribution in [0.25, 0.3) is 0 Å². The zero-order valence-electron chi connectivity index (χ0n) is 8.69. The first-order valence-electron chi connectivity index (χ1n) is 4.49. The van der Waals surface area contributed by atoms with Gasteiger partial charge in [0, 0.05) is 6.61 Å². The van der Waals surface area contributed by atoms with Crippen LogP contribution in [-0.4, -0.2) is 19.4 Å². The molecular weight excluding hydrogens is 227 g/mol. The molecule has 0 heterocycles. The van der Waals surface area contributed by atoms with Crippen molar-refractivity contribution >= 4 is 29.3 Å². The lowest BCUT2D eigenvalue weighted by molar-refractivity contribution is 0.0860. The van der Waals surface area contributed by atoms with Crippen molar-refractivity contribution in [3.05, 3.63) is 0 Å². The van der Waals surface area contributed by atoms with Gasteiger partial charge in [0.05, 0.1) is 5.60 Å². The Labute approximate surface area is 91.2 Å². The van der Waals surface area contributed by atoms with Gasteiger partial charge in [-0.1, -0.05) is 35.5 Å². The van der Waals surface area contributed by atoms with Crippen LogP contribution in [0.3, 0.4) is 0 Å². The summed E-state index contributed by atoms with van der Waals surface area (Å²) in [4.78, 5) is 0. The Hall–Kier alpha value is 0.717. The second kappa shape index (κ2) is 5.56. The van der Waals surface area contributed by atoms with E-state index in [2.05, 4.69) is 6.92 Å². The van der Waals surface area contributed by atoms with Gasteiger partial charge < -0.3 is 8.85 Å². The highest BCUT2D eigenvalue weighted by atomic mass is 35.7. The van der Waals surface area contributed by atoms with Gasteiger partial charge in [0.1, 0.15) is 0 Å². The molecule has 0 radical (unpaired) electrons. The Morgan fingerprint density at radius 2 is 1.77 bits per heavy atom. The number of unbranched alkanes of at least 4 members (excludes halogenated alkanes) is 1.